The Labute approximate surface area is 181 Å². The second-order valence-electron chi connectivity index (χ2n) is 8.51. The van der Waals surface area contributed by atoms with Gasteiger partial charge in [0.25, 0.3) is 0 Å². The molecule has 0 amide bonds. The normalized spacial score (nSPS) is 27.7. The fourth-order valence-electron chi connectivity index (χ4n) is 5.21. The molecule has 2 nitrogen and oxygen atoms in total. The van der Waals surface area contributed by atoms with Crippen LogP contribution in [0.1, 0.15) is 43.9 Å². The third-order valence-electron chi connectivity index (χ3n) is 6.70. The van der Waals surface area contributed by atoms with E-state index in [9.17, 15) is 4.57 Å². The van der Waals surface area contributed by atoms with Crippen LogP contribution >= 0.6 is 7.80 Å². The van der Waals surface area contributed by atoms with Crippen molar-refractivity contribution in [3.8, 4) is 0 Å². The van der Waals surface area contributed by atoms with Gasteiger partial charge in [0, 0.05) is 34.5 Å². The van der Waals surface area contributed by atoms with Crippen LogP contribution in [0.2, 0.25) is 0 Å². The summed E-state index contributed by atoms with van der Waals surface area (Å²) < 4.78 is 13.6. The lowest BCUT2D eigenvalue weighted by Crippen LogP contribution is -2.29. The summed E-state index contributed by atoms with van der Waals surface area (Å²) in [4.78, 5) is 0. The number of hydrogen-bond acceptors (Lipinski definition) is 2. The van der Waals surface area contributed by atoms with E-state index in [1.807, 2.05) is 43.3 Å². The van der Waals surface area contributed by atoms with Crippen LogP contribution in [0.15, 0.2) is 89.8 Å². The minimum absolute atomic E-state index is 0.245. The van der Waals surface area contributed by atoms with Gasteiger partial charge in [-0.15, -0.1) is 0 Å². The summed E-state index contributed by atoms with van der Waals surface area (Å²) in [5, 5.41) is 5.90. The Morgan fingerprint density at radius 2 is 1.83 bits per heavy atom. The first-order chi connectivity index (χ1) is 14.6. The van der Waals surface area contributed by atoms with Crippen LogP contribution in [0.5, 0.6) is 0 Å². The van der Waals surface area contributed by atoms with E-state index in [2.05, 4.69) is 61.7 Å². The number of benzene rings is 2. The molecule has 1 fully saturated rings. The average Bonchev–Trinajstić information content (AvgIpc) is 3.17. The van der Waals surface area contributed by atoms with Crippen molar-refractivity contribution >= 4 is 13.1 Å². The van der Waals surface area contributed by atoms with Gasteiger partial charge in [-0.3, -0.25) is 0 Å². The zero-order chi connectivity index (χ0) is 21.1. The van der Waals surface area contributed by atoms with Crippen LogP contribution in [0.25, 0.3) is 0 Å². The lowest BCUT2D eigenvalue weighted by molar-refractivity contribution is 0.432. The fraction of sp³-hybridized carbons (Fsp3) is 0.333. The van der Waals surface area contributed by atoms with E-state index in [0.29, 0.717) is 17.9 Å². The van der Waals surface area contributed by atoms with Crippen LogP contribution in [0.3, 0.4) is 0 Å². The highest BCUT2D eigenvalue weighted by Gasteiger charge is 2.44. The number of rotatable bonds is 5. The largest absolute Gasteiger partial charge is 0.317 e. The van der Waals surface area contributed by atoms with Gasteiger partial charge in [-0.05, 0) is 44.7 Å². The summed E-state index contributed by atoms with van der Waals surface area (Å²) in [7, 11) is -2.06. The number of hydrogen-bond donors (Lipinski definition) is 1. The molecule has 0 saturated carbocycles. The monoisotopic (exact) mass is 417 g/mol. The number of fused-ring (bicyclic) bond motifs is 1. The summed E-state index contributed by atoms with van der Waals surface area (Å²) in [6.07, 6.45) is 11.1. The quantitative estimate of drug-likeness (QED) is 0.350. The van der Waals surface area contributed by atoms with Gasteiger partial charge in [-0.25, -0.2) is 0 Å². The van der Waals surface area contributed by atoms with E-state index < -0.39 is 7.80 Å². The molecular formula is C27H32NOP. The van der Waals surface area contributed by atoms with Crippen molar-refractivity contribution in [1.29, 1.82) is 0 Å². The van der Waals surface area contributed by atoms with Crippen LogP contribution in [0.4, 0.5) is 0 Å². The lowest BCUT2D eigenvalue weighted by atomic mass is 9.76. The highest BCUT2D eigenvalue weighted by Crippen LogP contribution is 2.49. The third kappa shape index (κ3) is 4.04. The maximum atomic E-state index is 13.6. The lowest BCUT2D eigenvalue weighted by Gasteiger charge is -2.28. The highest BCUT2D eigenvalue weighted by molar-refractivity contribution is 7.58. The average molecular weight is 418 g/mol. The van der Waals surface area contributed by atoms with Crippen molar-refractivity contribution in [1.82, 2.24) is 5.32 Å². The Morgan fingerprint density at radius 1 is 1.10 bits per heavy atom. The zero-order valence-electron chi connectivity index (χ0n) is 18.1. The molecule has 1 heterocycles. The first-order valence-corrected chi connectivity index (χ1v) is 12.4. The van der Waals surface area contributed by atoms with Gasteiger partial charge in [0.05, 0.1) is 0 Å². The van der Waals surface area contributed by atoms with E-state index in [1.54, 1.807) is 0 Å². The van der Waals surface area contributed by atoms with Crippen LogP contribution in [-0.2, 0) is 4.57 Å². The molecule has 2 aromatic carbocycles. The molecule has 3 heteroatoms. The van der Waals surface area contributed by atoms with Gasteiger partial charge in [-0.1, -0.05) is 84.5 Å². The van der Waals surface area contributed by atoms with E-state index in [-0.39, 0.29) is 6.04 Å². The van der Waals surface area contributed by atoms with Crippen LogP contribution in [0, 0.1) is 18.8 Å². The third-order valence-corrected chi connectivity index (χ3v) is 8.60. The van der Waals surface area contributed by atoms with Gasteiger partial charge in [0.15, 0.2) is 0 Å². The number of aryl methyl sites for hydroxylation is 1. The second-order valence-corrected chi connectivity index (χ2v) is 10.3. The smallest absolute Gasteiger partial charge is 0.131 e. The molecule has 156 valence electrons. The van der Waals surface area contributed by atoms with Gasteiger partial charge in [0.1, 0.15) is 7.80 Å². The molecule has 0 bridgehead atoms. The molecule has 1 saturated heterocycles. The molecule has 2 aliphatic rings. The Bertz CT molecular complexity index is 1000. The Kier molecular flexibility index (Phi) is 6.56. The zero-order valence-corrected chi connectivity index (χ0v) is 19.1. The predicted molar refractivity (Wildman–Crippen MR) is 129 cm³/mol. The standard InChI is InChI=1S/C27H32NOP/c1-4-12-25(30(29)21-14-6-5-7-15-21)20(3)26-23-17-10-11-18-24(23)28-27(26)22-16-9-8-13-19(22)2/h4-10,12-17,23-24,26-28,30H,11,18H2,1-3H3/b12-4-,25-20-. The maximum absolute atomic E-state index is 13.6. The highest BCUT2D eigenvalue weighted by atomic mass is 31.1. The molecule has 5 atom stereocenters. The van der Waals surface area contributed by atoms with E-state index >= 15 is 0 Å². The minimum Gasteiger partial charge on any atom is -0.317 e. The van der Waals surface area contributed by atoms with Crippen molar-refractivity contribution in [3.05, 3.63) is 101 Å². The van der Waals surface area contributed by atoms with E-state index in [0.717, 1.165) is 17.0 Å². The summed E-state index contributed by atoms with van der Waals surface area (Å²) in [5.41, 5.74) is 3.95. The van der Waals surface area contributed by atoms with Crippen molar-refractivity contribution < 1.29 is 4.57 Å². The molecule has 1 aliphatic carbocycles. The summed E-state index contributed by atoms with van der Waals surface area (Å²) in [5.74, 6) is 0.741. The molecule has 30 heavy (non-hydrogen) atoms. The van der Waals surface area contributed by atoms with Crippen molar-refractivity contribution in [2.24, 2.45) is 11.8 Å². The van der Waals surface area contributed by atoms with E-state index in [1.165, 1.54) is 23.1 Å². The molecule has 4 rings (SSSR count). The fourth-order valence-corrected chi connectivity index (χ4v) is 6.86. The molecule has 1 aliphatic heterocycles. The van der Waals surface area contributed by atoms with Gasteiger partial charge in [-0.2, -0.15) is 0 Å². The molecule has 1 N–H and O–H groups in total. The Morgan fingerprint density at radius 3 is 2.57 bits per heavy atom. The summed E-state index contributed by atoms with van der Waals surface area (Å²) in [6, 6.07) is 19.3. The van der Waals surface area contributed by atoms with Crippen molar-refractivity contribution in [2.45, 2.75) is 45.7 Å². The first-order valence-electron chi connectivity index (χ1n) is 11.0. The number of allylic oxidation sites excluding steroid dienone is 4. The first kappa shape index (κ1) is 21.1. The molecule has 0 radical (unpaired) electrons. The maximum Gasteiger partial charge on any atom is 0.131 e. The predicted octanol–water partition coefficient (Wildman–Crippen LogP) is 6.33. The summed E-state index contributed by atoms with van der Waals surface area (Å²) >= 11 is 0. The topological polar surface area (TPSA) is 29.1 Å². The molecule has 0 spiro atoms. The van der Waals surface area contributed by atoms with Crippen molar-refractivity contribution in [2.75, 3.05) is 0 Å². The van der Waals surface area contributed by atoms with E-state index in [4.69, 9.17) is 0 Å². The minimum atomic E-state index is -2.06. The van der Waals surface area contributed by atoms with Crippen LogP contribution < -0.4 is 10.6 Å². The SMILES string of the molecule is C/C=C\C(=C(/C)C1C(c2ccccc2C)NC2CCC=CC21)[PH](=O)c1ccccc1. The van der Waals surface area contributed by atoms with Crippen LogP contribution in [-0.4, -0.2) is 6.04 Å². The number of nitrogens with one attached hydrogen (secondary N) is 1. The van der Waals surface area contributed by atoms with Gasteiger partial charge < -0.3 is 9.88 Å². The molecule has 0 aromatic heterocycles. The molecule has 2 aromatic rings. The molecule has 5 unspecified atom stereocenters. The van der Waals surface area contributed by atoms with Gasteiger partial charge in [0.2, 0.25) is 0 Å². The second kappa shape index (κ2) is 9.33. The van der Waals surface area contributed by atoms with Gasteiger partial charge >= 0.3 is 0 Å². The summed E-state index contributed by atoms with van der Waals surface area (Å²) in [6.45, 7) is 6.43. The van der Waals surface area contributed by atoms with Crippen molar-refractivity contribution in [3.63, 3.8) is 0 Å². The Balaban J connectivity index is 1.83. The molecular weight excluding hydrogens is 385 g/mol. The Hall–Kier alpha value is -2.15.